The highest BCUT2D eigenvalue weighted by Crippen LogP contribution is 2.31. The molecule has 190 valence electrons. The predicted octanol–water partition coefficient (Wildman–Crippen LogP) is 5.51. The zero-order valence-electron chi connectivity index (χ0n) is 19.9. The smallest absolute Gasteiger partial charge is 0.280 e. The van der Waals surface area contributed by atoms with Crippen LogP contribution in [0.15, 0.2) is 99.8 Å². The third-order valence-electron chi connectivity index (χ3n) is 5.37. The van der Waals surface area contributed by atoms with Gasteiger partial charge in [-0.1, -0.05) is 29.8 Å². The summed E-state index contributed by atoms with van der Waals surface area (Å²) >= 11 is 0. The Kier molecular flexibility index (Phi) is 7.36. The van der Waals surface area contributed by atoms with Gasteiger partial charge in [0.2, 0.25) is 0 Å². The number of nitriles is 1. The molecule has 1 heterocycles. The molecule has 4 aromatic rings. The molecule has 0 aliphatic carbocycles. The van der Waals surface area contributed by atoms with Crippen LogP contribution in [0.25, 0.3) is 17.4 Å². The SMILES string of the molecule is Cc1ccc(NS(=O)(=O)c2ccc(NC(=O)/C(C#N)=C/c3ccc(-c4ccccc4[N+](=O)[O-])o3)cc2)cc1. The van der Waals surface area contributed by atoms with Gasteiger partial charge in [0.25, 0.3) is 21.6 Å². The molecule has 4 rings (SSSR count). The van der Waals surface area contributed by atoms with Crippen LogP contribution in [-0.2, 0) is 14.8 Å². The van der Waals surface area contributed by atoms with Crippen LogP contribution in [0, 0.1) is 28.4 Å². The van der Waals surface area contributed by atoms with Crippen molar-refractivity contribution in [3.8, 4) is 17.4 Å². The molecule has 38 heavy (non-hydrogen) atoms. The van der Waals surface area contributed by atoms with Crippen molar-refractivity contribution in [2.75, 3.05) is 10.0 Å². The Morgan fingerprint density at radius 2 is 1.63 bits per heavy atom. The summed E-state index contributed by atoms with van der Waals surface area (Å²) in [5, 5.41) is 23.3. The van der Waals surface area contributed by atoms with Crippen molar-refractivity contribution in [2.24, 2.45) is 0 Å². The fourth-order valence-electron chi connectivity index (χ4n) is 3.46. The molecule has 0 bridgehead atoms. The lowest BCUT2D eigenvalue weighted by Gasteiger charge is -2.09. The van der Waals surface area contributed by atoms with Gasteiger partial charge in [-0.3, -0.25) is 19.6 Å². The average Bonchev–Trinajstić information content (AvgIpc) is 3.37. The van der Waals surface area contributed by atoms with Gasteiger partial charge in [-0.05, 0) is 61.5 Å². The molecule has 10 nitrogen and oxygen atoms in total. The van der Waals surface area contributed by atoms with E-state index in [1.807, 2.05) is 6.92 Å². The van der Waals surface area contributed by atoms with Crippen molar-refractivity contribution in [1.82, 2.24) is 0 Å². The second-order valence-electron chi connectivity index (χ2n) is 8.10. The molecule has 0 atom stereocenters. The predicted molar refractivity (Wildman–Crippen MR) is 141 cm³/mol. The van der Waals surface area contributed by atoms with E-state index in [4.69, 9.17) is 4.42 Å². The first-order valence-corrected chi connectivity index (χ1v) is 12.6. The van der Waals surface area contributed by atoms with E-state index in [1.54, 1.807) is 36.4 Å². The third kappa shape index (κ3) is 5.95. The second kappa shape index (κ2) is 10.8. The number of furan rings is 1. The number of anilines is 2. The maximum atomic E-state index is 12.7. The Hall–Kier alpha value is -5.21. The van der Waals surface area contributed by atoms with E-state index in [1.165, 1.54) is 60.7 Å². The second-order valence-corrected chi connectivity index (χ2v) is 9.78. The zero-order chi connectivity index (χ0) is 27.3. The maximum Gasteiger partial charge on any atom is 0.280 e. The van der Waals surface area contributed by atoms with E-state index in [2.05, 4.69) is 10.0 Å². The number of para-hydroxylation sites is 1. The van der Waals surface area contributed by atoms with Crippen molar-refractivity contribution in [1.29, 1.82) is 5.26 Å². The third-order valence-corrected chi connectivity index (χ3v) is 6.77. The molecule has 0 spiro atoms. The Morgan fingerprint density at radius 3 is 2.29 bits per heavy atom. The number of carbonyl (C=O) groups is 1. The first-order valence-electron chi connectivity index (χ1n) is 11.1. The van der Waals surface area contributed by atoms with Crippen molar-refractivity contribution in [3.05, 3.63) is 112 Å². The minimum Gasteiger partial charge on any atom is -0.456 e. The molecule has 1 aromatic heterocycles. The van der Waals surface area contributed by atoms with Crippen LogP contribution < -0.4 is 10.0 Å². The lowest BCUT2D eigenvalue weighted by Crippen LogP contribution is -2.15. The quantitative estimate of drug-likeness (QED) is 0.132. The molecule has 0 saturated carbocycles. The molecule has 1 amide bonds. The van der Waals surface area contributed by atoms with E-state index in [-0.39, 0.29) is 38.9 Å². The monoisotopic (exact) mass is 528 g/mol. The van der Waals surface area contributed by atoms with Gasteiger partial charge in [0.15, 0.2) is 0 Å². The summed E-state index contributed by atoms with van der Waals surface area (Å²) in [7, 11) is -3.84. The Labute approximate surface area is 218 Å². The van der Waals surface area contributed by atoms with Gasteiger partial charge >= 0.3 is 0 Å². The Bertz CT molecular complexity index is 1680. The number of hydrogen-bond acceptors (Lipinski definition) is 7. The highest BCUT2D eigenvalue weighted by molar-refractivity contribution is 7.92. The lowest BCUT2D eigenvalue weighted by atomic mass is 10.1. The highest BCUT2D eigenvalue weighted by atomic mass is 32.2. The minimum atomic E-state index is -3.84. The van der Waals surface area contributed by atoms with Crippen LogP contribution in [0.4, 0.5) is 17.1 Å². The molecule has 0 unspecified atom stereocenters. The van der Waals surface area contributed by atoms with Crippen LogP contribution in [0.3, 0.4) is 0 Å². The molecule has 11 heteroatoms. The number of nitro groups is 1. The summed E-state index contributed by atoms with van der Waals surface area (Å²) < 4.78 is 33.4. The van der Waals surface area contributed by atoms with E-state index < -0.39 is 20.9 Å². The normalized spacial score (nSPS) is 11.4. The van der Waals surface area contributed by atoms with Crippen LogP contribution in [0.5, 0.6) is 0 Å². The zero-order valence-corrected chi connectivity index (χ0v) is 20.7. The number of sulfonamides is 1. The van der Waals surface area contributed by atoms with Gasteiger partial charge in [-0.2, -0.15) is 5.26 Å². The standard InChI is InChI=1S/C27H20N4O6S/c1-18-6-8-21(9-7-18)30-38(35,36)23-13-10-20(11-14-23)29-27(32)19(17-28)16-22-12-15-26(37-22)24-4-2-3-5-25(24)31(33)34/h2-16,30H,1H3,(H,29,32)/b19-16+. The molecule has 0 saturated heterocycles. The first kappa shape index (κ1) is 25.9. The van der Waals surface area contributed by atoms with Crippen molar-refractivity contribution < 1.29 is 22.6 Å². The number of benzene rings is 3. The van der Waals surface area contributed by atoms with Crippen molar-refractivity contribution >= 4 is 39.1 Å². The summed E-state index contributed by atoms with van der Waals surface area (Å²) in [6, 6.07) is 23.1. The number of carbonyl (C=O) groups excluding carboxylic acids is 1. The highest BCUT2D eigenvalue weighted by Gasteiger charge is 2.18. The van der Waals surface area contributed by atoms with Crippen LogP contribution in [0.2, 0.25) is 0 Å². The van der Waals surface area contributed by atoms with Crippen LogP contribution in [-0.4, -0.2) is 19.2 Å². The van der Waals surface area contributed by atoms with E-state index in [0.29, 0.717) is 5.69 Å². The topological polar surface area (TPSA) is 155 Å². The Morgan fingerprint density at radius 1 is 0.974 bits per heavy atom. The van der Waals surface area contributed by atoms with Gasteiger partial charge in [-0.15, -0.1) is 0 Å². The fourth-order valence-corrected chi connectivity index (χ4v) is 4.52. The number of aryl methyl sites for hydroxylation is 1. The first-order chi connectivity index (χ1) is 18.2. The summed E-state index contributed by atoms with van der Waals surface area (Å²) in [4.78, 5) is 23.4. The number of nitrogens with one attached hydrogen (secondary N) is 2. The van der Waals surface area contributed by atoms with Gasteiger partial charge in [-0.25, -0.2) is 8.42 Å². The van der Waals surface area contributed by atoms with Crippen molar-refractivity contribution in [3.63, 3.8) is 0 Å². The summed E-state index contributed by atoms with van der Waals surface area (Å²) in [6.07, 6.45) is 1.21. The van der Waals surface area contributed by atoms with Crippen molar-refractivity contribution in [2.45, 2.75) is 11.8 Å². The molecular weight excluding hydrogens is 508 g/mol. The van der Waals surface area contributed by atoms with Gasteiger partial charge < -0.3 is 9.73 Å². The minimum absolute atomic E-state index is 0.00903. The van der Waals surface area contributed by atoms with E-state index in [0.717, 1.165) is 5.56 Å². The molecule has 0 fully saturated rings. The summed E-state index contributed by atoms with van der Waals surface area (Å²) in [6.45, 7) is 1.89. The van der Waals surface area contributed by atoms with Crippen LogP contribution in [0.1, 0.15) is 11.3 Å². The Balaban J connectivity index is 1.47. The van der Waals surface area contributed by atoms with Gasteiger partial charge in [0.1, 0.15) is 23.2 Å². The molecule has 2 N–H and O–H groups in total. The van der Waals surface area contributed by atoms with Crippen LogP contribution >= 0.6 is 0 Å². The number of nitrogens with zero attached hydrogens (tertiary/aromatic N) is 2. The molecular formula is C27H20N4O6S. The van der Waals surface area contributed by atoms with E-state index in [9.17, 15) is 28.6 Å². The number of nitro benzene ring substituents is 1. The summed E-state index contributed by atoms with van der Waals surface area (Å²) in [5.74, 6) is -0.393. The maximum absolute atomic E-state index is 12.7. The number of rotatable bonds is 8. The molecule has 0 aliphatic heterocycles. The lowest BCUT2D eigenvalue weighted by molar-refractivity contribution is -0.384. The molecule has 3 aromatic carbocycles. The fraction of sp³-hybridized carbons (Fsp3) is 0.0370. The molecule has 0 radical (unpaired) electrons. The van der Waals surface area contributed by atoms with Gasteiger partial charge in [0.05, 0.1) is 15.4 Å². The molecule has 0 aliphatic rings. The largest absolute Gasteiger partial charge is 0.456 e. The van der Waals surface area contributed by atoms with Gasteiger partial charge in [0, 0.05) is 23.5 Å². The number of hydrogen-bond donors (Lipinski definition) is 2. The van der Waals surface area contributed by atoms with E-state index >= 15 is 0 Å². The average molecular weight is 529 g/mol. The number of amides is 1. The summed E-state index contributed by atoms with van der Waals surface area (Å²) in [5.41, 5.74) is 1.50.